The lowest BCUT2D eigenvalue weighted by atomic mass is 9.87. The third-order valence-corrected chi connectivity index (χ3v) is 6.13. The molecule has 3 nitrogen and oxygen atoms in total. The molecular weight excluding hydrogens is 442 g/mol. The summed E-state index contributed by atoms with van der Waals surface area (Å²) >= 11 is 0. The Morgan fingerprint density at radius 3 is 1.81 bits per heavy atom. The molecule has 0 saturated heterocycles. The summed E-state index contributed by atoms with van der Waals surface area (Å²) in [6.45, 7) is 8.58. The van der Waals surface area contributed by atoms with Crippen LogP contribution in [0.3, 0.4) is 0 Å². The molecule has 4 aromatic rings. The number of nitrogens with one attached hydrogen (secondary N) is 1. The van der Waals surface area contributed by atoms with Gasteiger partial charge in [-0.15, -0.1) is 0 Å². The molecule has 36 heavy (non-hydrogen) atoms. The quantitative estimate of drug-likeness (QED) is 0.238. The van der Waals surface area contributed by atoms with Gasteiger partial charge in [0.2, 0.25) is 0 Å². The van der Waals surface area contributed by atoms with Crippen LogP contribution < -0.4 is 14.8 Å². The molecule has 0 aliphatic heterocycles. The van der Waals surface area contributed by atoms with Crippen LogP contribution in [-0.4, -0.2) is 12.1 Å². The molecule has 1 atom stereocenters. The fourth-order valence-electron chi connectivity index (χ4n) is 4.27. The van der Waals surface area contributed by atoms with E-state index in [2.05, 4.69) is 92.8 Å². The first-order valence-electron chi connectivity index (χ1n) is 12.8. The van der Waals surface area contributed by atoms with E-state index in [-0.39, 0.29) is 11.5 Å². The number of benzene rings is 4. The van der Waals surface area contributed by atoms with Gasteiger partial charge >= 0.3 is 0 Å². The Kier molecular flexibility index (Phi) is 8.80. The zero-order valence-corrected chi connectivity index (χ0v) is 21.6. The lowest BCUT2D eigenvalue weighted by molar-refractivity contribution is 0.293. The first kappa shape index (κ1) is 25.5. The molecule has 0 fully saturated rings. The van der Waals surface area contributed by atoms with E-state index in [1.165, 1.54) is 5.56 Å². The van der Waals surface area contributed by atoms with Crippen LogP contribution in [0.5, 0.6) is 11.5 Å². The maximum absolute atomic E-state index is 6.41. The maximum atomic E-state index is 6.41. The van der Waals surface area contributed by atoms with Gasteiger partial charge in [-0.3, -0.25) is 0 Å². The molecule has 186 valence electrons. The highest BCUT2D eigenvalue weighted by Crippen LogP contribution is 2.37. The van der Waals surface area contributed by atoms with E-state index in [1.807, 2.05) is 42.5 Å². The van der Waals surface area contributed by atoms with Crippen LogP contribution in [0.15, 0.2) is 109 Å². The van der Waals surface area contributed by atoms with Crippen molar-refractivity contribution in [2.24, 2.45) is 0 Å². The SMILES string of the molecule is CC(C)(C)NCCC(c1ccccc1)c1cc(OCc2ccccc2)ccc1OCc1ccccc1. The van der Waals surface area contributed by atoms with Crippen LogP contribution in [0.1, 0.15) is 55.4 Å². The highest BCUT2D eigenvalue weighted by molar-refractivity contribution is 5.47. The molecule has 0 aliphatic carbocycles. The fraction of sp³-hybridized carbons (Fsp3) is 0.273. The van der Waals surface area contributed by atoms with E-state index in [9.17, 15) is 0 Å². The van der Waals surface area contributed by atoms with Crippen molar-refractivity contribution in [3.63, 3.8) is 0 Å². The predicted molar refractivity (Wildman–Crippen MR) is 149 cm³/mol. The Hall–Kier alpha value is -3.56. The molecule has 4 aromatic carbocycles. The molecule has 0 spiro atoms. The van der Waals surface area contributed by atoms with Crippen LogP contribution in [0, 0.1) is 0 Å². The van der Waals surface area contributed by atoms with Gasteiger partial charge in [0.05, 0.1) is 0 Å². The molecule has 4 rings (SSSR count). The lowest BCUT2D eigenvalue weighted by Gasteiger charge is -2.25. The van der Waals surface area contributed by atoms with Crippen molar-refractivity contribution in [3.05, 3.63) is 131 Å². The van der Waals surface area contributed by atoms with E-state index in [0.29, 0.717) is 13.2 Å². The lowest BCUT2D eigenvalue weighted by Crippen LogP contribution is -2.37. The Labute approximate surface area is 216 Å². The number of rotatable bonds is 11. The minimum atomic E-state index is 0.0640. The van der Waals surface area contributed by atoms with Crippen LogP contribution in [-0.2, 0) is 13.2 Å². The third kappa shape index (κ3) is 7.73. The van der Waals surface area contributed by atoms with Crippen molar-refractivity contribution in [3.8, 4) is 11.5 Å². The zero-order chi connectivity index (χ0) is 25.2. The van der Waals surface area contributed by atoms with Crippen molar-refractivity contribution in [2.75, 3.05) is 6.54 Å². The summed E-state index contributed by atoms with van der Waals surface area (Å²) in [5.74, 6) is 1.92. The minimum Gasteiger partial charge on any atom is -0.489 e. The van der Waals surface area contributed by atoms with Crippen LogP contribution >= 0.6 is 0 Å². The van der Waals surface area contributed by atoms with E-state index >= 15 is 0 Å². The molecule has 1 unspecified atom stereocenters. The van der Waals surface area contributed by atoms with Crippen molar-refractivity contribution < 1.29 is 9.47 Å². The molecule has 0 radical (unpaired) electrons. The third-order valence-electron chi connectivity index (χ3n) is 6.13. The topological polar surface area (TPSA) is 30.5 Å². The van der Waals surface area contributed by atoms with E-state index < -0.39 is 0 Å². The van der Waals surface area contributed by atoms with E-state index in [4.69, 9.17) is 9.47 Å². The second-order valence-corrected chi connectivity index (χ2v) is 10.2. The molecule has 0 heterocycles. The van der Waals surface area contributed by atoms with E-state index in [0.717, 1.165) is 41.2 Å². The number of ether oxygens (including phenoxy) is 2. The van der Waals surface area contributed by atoms with Crippen molar-refractivity contribution in [1.29, 1.82) is 0 Å². The number of hydrogen-bond donors (Lipinski definition) is 1. The van der Waals surface area contributed by atoms with Gasteiger partial charge in [0.25, 0.3) is 0 Å². The van der Waals surface area contributed by atoms with Gasteiger partial charge in [-0.1, -0.05) is 91.0 Å². The average Bonchev–Trinajstić information content (AvgIpc) is 2.90. The smallest absolute Gasteiger partial charge is 0.123 e. The molecule has 0 saturated carbocycles. The first-order valence-corrected chi connectivity index (χ1v) is 12.8. The van der Waals surface area contributed by atoms with E-state index in [1.54, 1.807) is 0 Å². The Morgan fingerprint density at radius 1 is 0.667 bits per heavy atom. The van der Waals surface area contributed by atoms with Crippen LogP contribution in [0.2, 0.25) is 0 Å². The van der Waals surface area contributed by atoms with Gasteiger partial charge in [-0.2, -0.15) is 0 Å². The summed E-state index contributed by atoms with van der Waals surface area (Å²) in [5.41, 5.74) is 4.79. The summed E-state index contributed by atoms with van der Waals surface area (Å²) in [6, 6.07) is 37.5. The van der Waals surface area contributed by atoms with Crippen molar-refractivity contribution in [2.45, 2.75) is 51.9 Å². The summed E-state index contributed by atoms with van der Waals surface area (Å²) in [6.07, 6.45) is 0.950. The normalized spacial score (nSPS) is 12.2. The molecule has 0 bridgehead atoms. The monoisotopic (exact) mass is 479 g/mol. The number of hydrogen-bond acceptors (Lipinski definition) is 3. The van der Waals surface area contributed by atoms with Crippen molar-refractivity contribution >= 4 is 0 Å². The van der Waals surface area contributed by atoms with Gasteiger partial charge in [-0.25, -0.2) is 0 Å². The maximum Gasteiger partial charge on any atom is 0.123 e. The largest absolute Gasteiger partial charge is 0.489 e. The molecule has 0 aliphatic rings. The first-order chi connectivity index (χ1) is 17.5. The Bertz CT molecular complexity index is 1180. The summed E-state index contributed by atoms with van der Waals surface area (Å²) in [5, 5.41) is 3.66. The van der Waals surface area contributed by atoms with Gasteiger partial charge in [0.15, 0.2) is 0 Å². The second kappa shape index (κ2) is 12.4. The summed E-state index contributed by atoms with van der Waals surface area (Å²) in [7, 11) is 0. The zero-order valence-electron chi connectivity index (χ0n) is 21.6. The Balaban J connectivity index is 1.64. The standard InChI is InChI=1S/C33H37NO2/c1-33(2,3)34-22-21-30(28-17-11-6-12-18-28)31-23-29(35-24-26-13-7-4-8-14-26)19-20-32(31)36-25-27-15-9-5-10-16-27/h4-20,23,30,34H,21-22,24-25H2,1-3H3. The molecule has 0 aromatic heterocycles. The van der Waals surface area contributed by atoms with Crippen molar-refractivity contribution in [1.82, 2.24) is 5.32 Å². The molecule has 0 amide bonds. The van der Waals surface area contributed by atoms with Gasteiger partial charge in [0.1, 0.15) is 24.7 Å². The fourth-order valence-corrected chi connectivity index (χ4v) is 4.27. The Morgan fingerprint density at radius 2 is 1.22 bits per heavy atom. The van der Waals surface area contributed by atoms with Gasteiger partial charge in [0, 0.05) is 17.0 Å². The van der Waals surface area contributed by atoms with Crippen LogP contribution in [0.25, 0.3) is 0 Å². The van der Waals surface area contributed by atoms with Crippen LogP contribution in [0.4, 0.5) is 0 Å². The van der Waals surface area contributed by atoms with Gasteiger partial charge in [-0.05, 0) is 68.6 Å². The summed E-state index contributed by atoms with van der Waals surface area (Å²) in [4.78, 5) is 0. The van der Waals surface area contributed by atoms with Gasteiger partial charge < -0.3 is 14.8 Å². The molecule has 1 N–H and O–H groups in total. The highest BCUT2D eigenvalue weighted by Gasteiger charge is 2.21. The molecular formula is C33H37NO2. The molecule has 3 heteroatoms. The highest BCUT2D eigenvalue weighted by atomic mass is 16.5. The second-order valence-electron chi connectivity index (χ2n) is 10.2. The minimum absolute atomic E-state index is 0.0640. The summed E-state index contributed by atoms with van der Waals surface area (Å²) < 4.78 is 12.6. The average molecular weight is 480 g/mol. The predicted octanol–water partition coefficient (Wildman–Crippen LogP) is 7.75.